The first-order chi connectivity index (χ1) is 7.19. The molecule has 4 heteroatoms. The molecule has 0 fully saturated rings. The Kier molecular flexibility index (Phi) is 5.25. The number of rotatable bonds is 6. The maximum absolute atomic E-state index is 5.20. The Hall–Kier alpha value is -0.420. The maximum Gasteiger partial charge on any atom is 0.171 e. The van der Waals surface area contributed by atoms with E-state index in [-0.39, 0.29) is 12.3 Å². The van der Waals surface area contributed by atoms with Crippen molar-refractivity contribution in [1.29, 1.82) is 0 Å². The van der Waals surface area contributed by atoms with Crippen LogP contribution in [0.3, 0.4) is 0 Å². The van der Waals surface area contributed by atoms with Crippen LogP contribution in [0.25, 0.3) is 0 Å². The van der Waals surface area contributed by atoms with Gasteiger partial charge in [0, 0.05) is 20.3 Å². The number of nitrogens with one attached hydrogen (secondary N) is 1. The zero-order valence-corrected chi connectivity index (χ0v) is 10.5. The van der Waals surface area contributed by atoms with Gasteiger partial charge in [-0.2, -0.15) is 11.3 Å². The van der Waals surface area contributed by atoms with Crippen LogP contribution in [0.2, 0.25) is 0 Å². The minimum Gasteiger partial charge on any atom is -0.354 e. The van der Waals surface area contributed by atoms with Crippen LogP contribution >= 0.6 is 11.3 Å². The van der Waals surface area contributed by atoms with Crippen molar-refractivity contribution < 1.29 is 9.47 Å². The monoisotopic (exact) mass is 229 g/mol. The molecule has 0 saturated carbocycles. The summed E-state index contributed by atoms with van der Waals surface area (Å²) in [6.45, 7) is 4.20. The van der Waals surface area contributed by atoms with Gasteiger partial charge in [0.1, 0.15) is 0 Å². The lowest BCUT2D eigenvalue weighted by Gasteiger charge is -2.25. The zero-order chi connectivity index (χ0) is 11.3. The number of hydrogen-bond donors (Lipinski definition) is 1. The molecule has 0 aromatic carbocycles. The highest BCUT2D eigenvalue weighted by molar-refractivity contribution is 7.07. The Labute approximate surface area is 95.4 Å². The summed E-state index contributed by atoms with van der Waals surface area (Å²) < 4.78 is 10.4. The molecule has 1 rings (SSSR count). The van der Waals surface area contributed by atoms with Crippen LogP contribution in [0.5, 0.6) is 0 Å². The first-order valence-corrected chi connectivity index (χ1v) is 5.97. The summed E-state index contributed by atoms with van der Waals surface area (Å²) in [6.07, 6.45) is -0.203. The van der Waals surface area contributed by atoms with Gasteiger partial charge in [0.05, 0.1) is 6.04 Å². The standard InChI is InChI=1S/C11H19NO2S/c1-8(10-5-6-15-7-10)12-9(2)11(13-3)14-4/h5-9,11-12H,1-4H3. The number of hydrogen-bond acceptors (Lipinski definition) is 4. The van der Waals surface area contributed by atoms with Gasteiger partial charge in [-0.3, -0.25) is 0 Å². The smallest absolute Gasteiger partial charge is 0.171 e. The second kappa shape index (κ2) is 6.23. The molecule has 0 spiro atoms. The molecule has 2 atom stereocenters. The summed E-state index contributed by atoms with van der Waals surface area (Å²) in [5, 5.41) is 7.68. The van der Waals surface area contributed by atoms with E-state index in [1.807, 2.05) is 0 Å². The van der Waals surface area contributed by atoms with Crippen LogP contribution < -0.4 is 5.32 Å². The minimum absolute atomic E-state index is 0.162. The molecular weight excluding hydrogens is 210 g/mol. The van der Waals surface area contributed by atoms with Crippen molar-refractivity contribution >= 4 is 11.3 Å². The number of thiophene rings is 1. The predicted octanol–water partition coefficient (Wildman–Crippen LogP) is 2.41. The van der Waals surface area contributed by atoms with E-state index in [2.05, 4.69) is 36.0 Å². The topological polar surface area (TPSA) is 30.5 Å². The summed E-state index contributed by atoms with van der Waals surface area (Å²) in [6, 6.07) is 2.61. The van der Waals surface area contributed by atoms with Gasteiger partial charge in [-0.15, -0.1) is 0 Å². The molecule has 86 valence electrons. The second-order valence-corrected chi connectivity index (χ2v) is 4.35. The molecule has 0 bridgehead atoms. The zero-order valence-electron chi connectivity index (χ0n) is 9.69. The fourth-order valence-electron chi connectivity index (χ4n) is 1.59. The van der Waals surface area contributed by atoms with E-state index in [1.165, 1.54) is 5.56 Å². The van der Waals surface area contributed by atoms with Gasteiger partial charge in [-0.1, -0.05) is 0 Å². The van der Waals surface area contributed by atoms with Gasteiger partial charge < -0.3 is 14.8 Å². The largest absolute Gasteiger partial charge is 0.354 e. The lowest BCUT2D eigenvalue weighted by molar-refractivity contribution is -0.120. The summed E-state index contributed by atoms with van der Waals surface area (Å²) in [4.78, 5) is 0. The highest BCUT2D eigenvalue weighted by atomic mass is 32.1. The van der Waals surface area contributed by atoms with E-state index < -0.39 is 0 Å². The minimum atomic E-state index is -0.203. The molecule has 0 aliphatic heterocycles. The lowest BCUT2D eigenvalue weighted by atomic mass is 10.1. The molecule has 0 radical (unpaired) electrons. The number of ether oxygens (including phenoxy) is 2. The Balaban J connectivity index is 2.47. The molecule has 0 aliphatic carbocycles. The predicted molar refractivity (Wildman–Crippen MR) is 63.1 cm³/mol. The molecule has 1 N–H and O–H groups in total. The van der Waals surface area contributed by atoms with Gasteiger partial charge >= 0.3 is 0 Å². The van der Waals surface area contributed by atoms with Crippen LogP contribution in [0.15, 0.2) is 16.8 Å². The summed E-state index contributed by atoms with van der Waals surface area (Å²) >= 11 is 1.71. The van der Waals surface area contributed by atoms with E-state index in [0.29, 0.717) is 6.04 Å². The Morgan fingerprint density at radius 1 is 1.27 bits per heavy atom. The Bertz CT molecular complexity index is 260. The van der Waals surface area contributed by atoms with Crippen LogP contribution in [0.1, 0.15) is 25.5 Å². The molecule has 1 aromatic heterocycles. The van der Waals surface area contributed by atoms with Crippen molar-refractivity contribution in [3.63, 3.8) is 0 Å². The first kappa shape index (κ1) is 12.6. The summed E-state index contributed by atoms with van der Waals surface area (Å²) in [5.41, 5.74) is 1.30. The molecule has 1 aromatic rings. The van der Waals surface area contributed by atoms with Crippen LogP contribution in [0.4, 0.5) is 0 Å². The SMILES string of the molecule is COC(OC)C(C)NC(C)c1ccsc1. The Morgan fingerprint density at radius 3 is 2.40 bits per heavy atom. The average molecular weight is 229 g/mol. The average Bonchev–Trinajstić information content (AvgIpc) is 2.72. The number of methoxy groups -OCH3 is 2. The normalized spacial score (nSPS) is 15.5. The van der Waals surface area contributed by atoms with E-state index in [1.54, 1.807) is 25.6 Å². The van der Waals surface area contributed by atoms with E-state index in [4.69, 9.17) is 9.47 Å². The van der Waals surface area contributed by atoms with Crippen LogP contribution in [-0.2, 0) is 9.47 Å². The second-order valence-electron chi connectivity index (χ2n) is 3.57. The van der Waals surface area contributed by atoms with Crippen molar-refractivity contribution in [3.05, 3.63) is 22.4 Å². The third-order valence-corrected chi connectivity index (χ3v) is 3.13. The molecular formula is C11H19NO2S. The molecule has 2 unspecified atom stereocenters. The highest BCUT2D eigenvalue weighted by Crippen LogP contribution is 2.17. The summed E-state index contributed by atoms with van der Waals surface area (Å²) in [5.74, 6) is 0. The molecule has 0 saturated heterocycles. The van der Waals surface area contributed by atoms with Crippen LogP contribution in [0, 0.1) is 0 Å². The van der Waals surface area contributed by atoms with Gasteiger partial charge in [0.2, 0.25) is 0 Å². The summed E-state index contributed by atoms with van der Waals surface area (Å²) in [7, 11) is 3.31. The molecule has 0 aliphatic rings. The van der Waals surface area contributed by atoms with Gasteiger partial charge in [0.25, 0.3) is 0 Å². The van der Waals surface area contributed by atoms with Crippen molar-refractivity contribution in [2.45, 2.75) is 32.2 Å². The Morgan fingerprint density at radius 2 is 1.93 bits per heavy atom. The third kappa shape index (κ3) is 3.57. The maximum atomic E-state index is 5.20. The van der Waals surface area contributed by atoms with Gasteiger partial charge in [0.15, 0.2) is 6.29 Å². The fraction of sp³-hybridized carbons (Fsp3) is 0.636. The molecule has 3 nitrogen and oxygen atoms in total. The van der Waals surface area contributed by atoms with E-state index in [0.717, 1.165) is 0 Å². The van der Waals surface area contributed by atoms with Crippen molar-refractivity contribution in [2.75, 3.05) is 14.2 Å². The third-order valence-electron chi connectivity index (χ3n) is 2.43. The fourth-order valence-corrected chi connectivity index (χ4v) is 2.35. The van der Waals surface area contributed by atoms with E-state index in [9.17, 15) is 0 Å². The molecule has 0 amide bonds. The molecule has 15 heavy (non-hydrogen) atoms. The van der Waals surface area contributed by atoms with E-state index >= 15 is 0 Å². The highest BCUT2D eigenvalue weighted by Gasteiger charge is 2.18. The van der Waals surface area contributed by atoms with Crippen LogP contribution in [-0.4, -0.2) is 26.6 Å². The quantitative estimate of drug-likeness (QED) is 0.760. The molecule has 1 heterocycles. The van der Waals surface area contributed by atoms with Crippen molar-refractivity contribution in [1.82, 2.24) is 5.32 Å². The van der Waals surface area contributed by atoms with Crippen molar-refractivity contribution in [3.8, 4) is 0 Å². The van der Waals surface area contributed by atoms with Crippen molar-refractivity contribution in [2.24, 2.45) is 0 Å². The van der Waals surface area contributed by atoms with Gasteiger partial charge in [-0.25, -0.2) is 0 Å². The first-order valence-electron chi connectivity index (χ1n) is 5.02. The van der Waals surface area contributed by atoms with Gasteiger partial charge in [-0.05, 0) is 36.2 Å². The lowest BCUT2D eigenvalue weighted by Crippen LogP contribution is -2.40.